The molecule has 4 nitrogen and oxygen atoms in total. The van der Waals surface area contributed by atoms with Gasteiger partial charge in [0.15, 0.2) is 5.60 Å². The fourth-order valence-corrected chi connectivity index (χ4v) is 2.76. The zero-order valence-corrected chi connectivity index (χ0v) is 10.6. The summed E-state index contributed by atoms with van der Waals surface area (Å²) < 4.78 is 4.87. The summed E-state index contributed by atoms with van der Waals surface area (Å²) in [5.41, 5.74) is -1.69. The molecule has 0 unspecified atom stereocenters. The summed E-state index contributed by atoms with van der Waals surface area (Å²) in [6.07, 6.45) is 9.43. The highest BCUT2D eigenvalue weighted by molar-refractivity contribution is 5.83. The summed E-state index contributed by atoms with van der Waals surface area (Å²) in [5.74, 6) is -1.02. The number of aliphatic hydroxyl groups is 2. The van der Waals surface area contributed by atoms with Gasteiger partial charge in [-0.2, -0.15) is 0 Å². The minimum atomic E-state index is -1.69. The van der Waals surface area contributed by atoms with E-state index in [4.69, 9.17) is 4.74 Å². The lowest BCUT2D eigenvalue weighted by Gasteiger charge is -2.21. The summed E-state index contributed by atoms with van der Waals surface area (Å²) in [4.78, 5) is 11.5. The Kier molecular flexibility index (Phi) is 3.88. The third kappa shape index (κ3) is 2.10. The van der Waals surface area contributed by atoms with Gasteiger partial charge in [0.05, 0.1) is 12.7 Å². The van der Waals surface area contributed by atoms with Gasteiger partial charge in [0.25, 0.3) is 0 Å². The number of carbonyl (C=O) groups is 1. The van der Waals surface area contributed by atoms with Crippen molar-refractivity contribution in [2.45, 2.75) is 37.9 Å². The van der Waals surface area contributed by atoms with E-state index in [0.29, 0.717) is 6.42 Å². The van der Waals surface area contributed by atoms with Gasteiger partial charge in [-0.05, 0) is 18.8 Å². The predicted octanol–water partition coefficient (Wildman–Crippen LogP) is 1.18. The Bertz CT molecular complexity index is 374. The minimum absolute atomic E-state index is 0.0114. The quantitative estimate of drug-likeness (QED) is 0.582. The summed E-state index contributed by atoms with van der Waals surface area (Å²) in [5, 5.41) is 20.0. The minimum Gasteiger partial charge on any atom is -0.463 e. The number of cyclic esters (lactones) is 1. The number of allylic oxidation sites excluding steroid dienone is 4. The highest BCUT2D eigenvalue weighted by Crippen LogP contribution is 2.45. The number of esters is 1. The first-order chi connectivity index (χ1) is 8.60. The molecule has 2 N–H and O–H groups in total. The van der Waals surface area contributed by atoms with Gasteiger partial charge in [0.2, 0.25) is 0 Å². The van der Waals surface area contributed by atoms with Crippen molar-refractivity contribution in [1.29, 1.82) is 0 Å². The van der Waals surface area contributed by atoms with E-state index in [1.807, 2.05) is 18.2 Å². The van der Waals surface area contributed by atoms with Crippen LogP contribution in [0.1, 0.15) is 26.2 Å². The van der Waals surface area contributed by atoms with Crippen molar-refractivity contribution >= 4 is 5.97 Å². The number of ether oxygens (including phenoxy) is 1. The lowest BCUT2D eigenvalue weighted by atomic mass is 9.88. The fourth-order valence-electron chi connectivity index (χ4n) is 2.76. The molecule has 0 spiro atoms. The van der Waals surface area contributed by atoms with Gasteiger partial charge in [-0.25, -0.2) is 4.79 Å². The molecule has 0 aromatic rings. The van der Waals surface area contributed by atoms with Crippen molar-refractivity contribution in [3.8, 4) is 0 Å². The summed E-state index contributed by atoms with van der Waals surface area (Å²) in [6, 6.07) is 0. The van der Waals surface area contributed by atoms with Crippen molar-refractivity contribution in [3.63, 3.8) is 0 Å². The maximum Gasteiger partial charge on any atom is 0.341 e. The smallest absolute Gasteiger partial charge is 0.341 e. The molecule has 0 bridgehead atoms. The molecule has 1 saturated carbocycles. The van der Waals surface area contributed by atoms with Crippen LogP contribution < -0.4 is 0 Å². The molecule has 1 saturated heterocycles. The van der Waals surface area contributed by atoms with Gasteiger partial charge in [0, 0.05) is 5.92 Å². The van der Waals surface area contributed by atoms with E-state index in [-0.39, 0.29) is 18.4 Å². The van der Waals surface area contributed by atoms with Crippen LogP contribution in [0.5, 0.6) is 0 Å². The van der Waals surface area contributed by atoms with Gasteiger partial charge in [-0.1, -0.05) is 37.6 Å². The average molecular weight is 252 g/mol. The van der Waals surface area contributed by atoms with Gasteiger partial charge in [-0.3, -0.25) is 0 Å². The Labute approximate surface area is 107 Å². The number of hydrogen-bond acceptors (Lipinski definition) is 4. The molecule has 4 heteroatoms. The maximum absolute atomic E-state index is 11.5. The Morgan fingerprint density at radius 1 is 1.50 bits per heavy atom. The molecule has 2 rings (SSSR count). The molecule has 2 aliphatic rings. The topological polar surface area (TPSA) is 66.8 Å². The average Bonchev–Trinajstić information content (AvgIpc) is 2.77. The van der Waals surface area contributed by atoms with Crippen molar-refractivity contribution in [2.24, 2.45) is 11.8 Å². The first-order valence-electron chi connectivity index (χ1n) is 6.51. The Morgan fingerprint density at radius 2 is 2.28 bits per heavy atom. The number of rotatable bonds is 4. The van der Waals surface area contributed by atoms with Crippen LogP contribution in [-0.2, 0) is 9.53 Å². The molecule has 1 aliphatic heterocycles. The lowest BCUT2D eigenvalue weighted by Crippen LogP contribution is -2.46. The summed E-state index contributed by atoms with van der Waals surface area (Å²) in [6.45, 7) is 2.31. The molecule has 4 atom stereocenters. The first-order valence-corrected chi connectivity index (χ1v) is 6.51. The molecule has 0 radical (unpaired) electrons. The molecule has 100 valence electrons. The normalized spacial score (nSPS) is 39.7. The zero-order valence-electron chi connectivity index (χ0n) is 10.6. The Balaban J connectivity index is 2.02. The third-order valence-corrected chi connectivity index (χ3v) is 3.87. The van der Waals surface area contributed by atoms with Crippen LogP contribution in [-0.4, -0.2) is 34.5 Å². The van der Waals surface area contributed by atoms with Gasteiger partial charge < -0.3 is 14.9 Å². The first kappa shape index (κ1) is 13.3. The fraction of sp³-hybridized carbons (Fsp3) is 0.643. The van der Waals surface area contributed by atoms with Crippen LogP contribution in [0, 0.1) is 11.8 Å². The highest BCUT2D eigenvalue weighted by Gasteiger charge is 2.63. The van der Waals surface area contributed by atoms with Crippen LogP contribution in [0.2, 0.25) is 0 Å². The third-order valence-electron chi connectivity index (χ3n) is 3.87. The summed E-state index contributed by atoms with van der Waals surface area (Å²) >= 11 is 0. The number of unbranched alkanes of at least 4 members (excludes halogenated alkanes) is 1. The number of hydrogen-bond donors (Lipinski definition) is 2. The van der Waals surface area contributed by atoms with E-state index < -0.39 is 17.7 Å². The van der Waals surface area contributed by atoms with E-state index in [1.165, 1.54) is 0 Å². The maximum atomic E-state index is 11.5. The molecule has 18 heavy (non-hydrogen) atoms. The molecular formula is C14H20O4. The molecule has 2 fully saturated rings. The van der Waals surface area contributed by atoms with Crippen molar-refractivity contribution < 1.29 is 19.7 Å². The van der Waals surface area contributed by atoms with Crippen LogP contribution in [0.3, 0.4) is 0 Å². The number of carbonyl (C=O) groups excluding carboxylic acids is 1. The molecule has 1 aliphatic carbocycles. The van der Waals surface area contributed by atoms with E-state index in [1.54, 1.807) is 0 Å². The van der Waals surface area contributed by atoms with E-state index in [0.717, 1.165) is 12.8 Å². The largest absolute Gasteiger partial charge is 0.463 e. The van der Waals surface area contributed by atoms with Crippen LogP contribution in [0.15, 0.2) is 24.3 Å². The molecule has 1 heterocycles. The SMILES string of the molecule is CCC/C=C/C=C/[C@H]1C[C@H](O)[C@@]2(O)C(=O)OC[C@H]12. The lowest BCUT2D eigenvalue weighted by molar-refractivity contribution is -0.162. The second kappa shape index (κ2) is 5.24. The Hall–Kier alpha value is -1.13. The molecular weight excluding hydrogens is 232 g/mol. The Morgan fingerprint density at radius 3 is 3.00 bits per heavy atom. The van der Waals surface area contributed by atoms with Crippen molar-refractivity contribution in [2.75, 3.05) is 6.61 Å². The van der Waals surface area contributed by atoms with Gasteiger partial charge in [0.1, 0.15) is 0 Å². The second-order valence-electron chi connectivity index (χ2n) is 5.05. The molecule has 0 aromatic carbocycles. The van der Waals surface area contributed by atoms with Crippen molar-refractivity contribution in [3.05, 3.63) is 24.3 Å². The predicted molar refractivity (Wildman–Crippen MR) is 66.7 cm³/mol. The molecule has 0 amide bonds. The second-order valence-corrected chi connectivity index (χ2v) is 5.05. The van der Waals surface area contributed by atoms with E-state index in [2.05, 4.69) is 13.0 Å². The van der Waals surface area contributed by atoms with Crippen molar-refractivity contribution in [1.82, 2.24) is 0 Å². The van der Waals surface area contributed by atoms with Gasteiger partial charge >= 0.3 is 5.97 Å². The standard InChI is InChI=1S/C14H20O4/c1-2-3-4-5-6-7-10-8-12(15)14(17)11(10)9-18-13(14)16/h4-7,10-12,15,17H,2-3,8-9H2,1H3/b5-4+,7-6+/t10-,11+,12-,14+/m0/s1. The van der Waals surface area contributed by atoms with Crippen LogP contribution >= 0.6 is 0 Å². The summed E-state index contributed by atoms with van der Waals surface area (Å²) in [7, 11) is 0. The van der Waals surface area contributed by atoms with E-state index >= 15 is 0 Å². The van der Waals surface area contributed by atoms with Crippen LogP contribution in [0.25, 0.3) is 0 Å². The monoisotopic (exact) mass is 252 g/mol. The zero-order chi connectivity index (χ0) is 13.2. The molecule has 0 aromatic heterocycles. The van der Waals surface area contributed by atoms with Gasteiger partial charge in [-0.15, -0.1) is 0 Å². The highest BCUT2D eigenvalue weighted by atomic mass is 16.6. The number of aliphatic hydroxyl groups excluding tert-OH is 1. The van der Waals surface area contributed by atoms with E-state index in [9.17, 15) is 15.0 Å². The number of fused-ring (bicyclic) bond motifs is 1. The van der Waals surface area contributed by atoms with Crippen LogP contribution in [0.4, 0.5) is 0 Å².